The molecule has 3 rings (SSSR count). The van der Waals surface area contributed by atoms with Crippen molar-refractivity contribution in [2.75, 3.05) is 6.54 Å². The van der Waals surface area contributed by atoms with E-state index in [-0.39, 0.29) is 28.4 Å². The minimum atomic E-state index is -0.595. The average molecular weight is 403 g/mol. The van der Waals surface area contributed by atoms with E-state index in [2.05, 4.69) is 15.6 Å². The molecule has 0 saturated carbocycles. The Morgan fingerprint density at radius 2 is 1.90 bits per heavy atom. The van der Waals surface area contributed by atoms with Gasteiger partial charge in [-0.05, 0) is 12.5 Å². The third-order valence-electron chi connectivity index (χ3n) is 4.32. The van der Waals surface area contributed by atoms with Gasteiger partial charge in [-0.25, -0.2) is 4.99 Å². The Morgan fingerprint density at radius 1 is 1.17 bits per heavy atom. The summed E-state index contributed by atoms with van der Waals surface area (Å²) in [7, 11) is 0. The number of carbonyl (C=O) groups excluding carboxylic acids is 2. The number of hydrogen-bond acceptors (Lipinski definition) is 6. The second kappa shape index (κ2) is 8.79. The van der Waals surface area contributed by atoms with Crippen molar-refractivity contribution in [2.24, 2.45) is 4.99 Å². The van der Waals surface area contributed by atoms with Gasteiger partial charge in [0.1, 0.15) is 17.5 Å². The number of rotatable bonds is 5. The Bertz CT molecular complexity index is 1140. The van der Waals surface area contributed by atoms with Gasteiger partial charge in [-0.1, -0.05) is 37.3 Å². The van der Waals surface area contributed by atoms with Crippen LogP contribution in [0.25, 0.3) is 5.70 Å². The molecular formula is C21H17N5O4. The van der Waals surface area contributed by atoms with Crippen LogP contribution in [-0.4, -0.2) is 29.1 Å². The second-order valence-electron chi connectivity index (χ2n) is 6.36. The molecule has 0 bridgehead atoms. The number of aliphatic imine (C=N–C) groups is 1. The number of nitrogens with one attached hydrogen (secondary N) is 2. The van der Waals surface area contributed by atoms with Gasteiger partial charge in [-0.2, -0.15) is 5.26 Å². The van der Waals surface area contributed by atoms with E-state index in [1.807, 2.05) is 13.0 Å². The van der Waals surface area contributed by atoms with Crippen LogP contribution >= 0.6 is 0 Å². The molecule has 0 aliphatic carbocycles. The molecule has 0 spiro atoms. The number of amidine groups is 1. The molecule has 0 unspecified atom stereocenters. The van der Waals surface area contributed by atoms with E-state index in [0.29, 0.717) is 24.1 Å². The monoisotopic (exact) mass is 403 g/mol. The SMILES string of the molecule is CCCNC(=O)C(C#N)=C1N=C(NC(=O)c2cccc([N+](=O)[O-])c2)c2ccccc21. The smallest absolute Gasteiger partial charge is 0.270 e. The van der Waals surface area contributed by atoms with E-state index in [4.69, 9.17) is 0 Å². The number of carbonyl (C=O) groups is 2. The highest BCUT2D eigenvalue weighted by atomic mass is 16.6. The highest BCUT2D eigenvalue weighted by molar-refractivity contribution is 6.20. The van der Waals surface area contributed by atoms with Crippen LogP contribution in [0.15, 0.2) is 59.1 Å². The lowest BCUT2D eigenvalue weighted by atomic mass is 10.0. The zero-order valence-corrected chi connectivity index (χ0v) is 16.0. The maximum Gasteiger partial charge on any atom is 0.270 e. The second-order valence-corrected chi connectivity index (χ2v) is 6.36. The fourth-order valence-corrected chi connectivity index (χ4v) is 2.89. The molecule has 30 heavy (non-hydrogen) atoms. The maximum atomic E-state index is 12.6. The first-order valence-electron chi connectivity index (χ1n) is 9.13. The molecule has 9 nitrogen and oxygen atoms in total. The number of hydrogen-bond donors (Lipinski definition) is 2. The number of benzene rings is 2. The summed E-state index contributed by atoms with van der Waals surface area (Å²) in [5.41, 5.74) is 0.961. The number of fused-ring (bicyclic) bond motifs is 1. The van der Waals surface area contributed by atoms with Crippen molar-refractivity contribution in [2.45, 2.75) is 13.3 Å². The Morgan fingerprint density at radius 3 is 2.57 bits per heavy atom. The first kappa shape index (κ1) is 20.4. The maximum absolute atomic E-state index is 12.6. The summed E-state index contributed by atoms with van der Waals surface area (Å²) in [6.07, 6.45) is 0.712. The third-order valence-corrected chi connectivity index (χ3v) is 4.32. The van der Waals surface area contributed by atoms with Crippen LogP contribution in [-0.2, 0) is 4.79 Å². The number of nitro benzene ring substituents is 1. The topological polar surface area (TPSA) is 137 Å². The van der Waals surface area contributed by atoms with E-state index in [0.717, 1.165) is 6.07 Å². The van der Waals surface area contributed by atoms with Gasteiger partial charge in [-0.3, -0.25) is 19.7 Å². The molecule has 1 aliphatic heterocycles. The zero-order valence-electron chi connectivity index (χ0n) is 16.0. The predicted octanol–water partition coefficient (Wildman–Crippen LogP) is 2.55. The number of non-ortho nitro benzene ring substituents is 1. The first-order chi connectivity index (χ1) is 14.5. The van der Waals surface area contributed by atoms with Crippen LogP contribution in [0.1, 0.15) is 34.8 Å². The van der Waals surface area contributed by atoms with Crippen molar-refractivity contribution >= 4 is 29.0 Å². The van der Waals surface area contributed by atoms with Gasteiger partial charge in [0.05, 0.1) is 10.6 Å². The van der Waals surface area contributed by atoms with Crippen molar-refractivity contribution in [1.29, 1.82) is 5.26 Å². The van der Waals surface area contributed by atoms with Crippen LogP contribution in [0.3, 0.4) is 0 Å². The van der Waals surface area contributed by atoms with Crippen molar-refractivity contribution < 1.29 is 14.5 Å². The number of amides is 2. The van der Waals surface area contributed by atoms with Gasteiger partial charge in [-0.15, -0.1) is 0 Å². The van der Waals surface area contributed by atoms with Crippen LogP contribution in [0.2, 0.25) is 0 Å². The van der Waals surface area contributed by atoms with E-state index in [1.165, 1.54) is 18.2 Å². The Balaban J connectivity index is 1.98. The summed E-state index contributed by atoms with van der Waals surface area (Å²) in [5, 5.41) is 25.7. The number of nitriles is 1. The van der Waals surface area contributed by atoms with Gasteiger partial charge < -0.3 is 10.6 Å². The molecule has 0 atom stereocenters. The standard InChI is InChI=1S/C21H17N5O4/c1-2-10-23-21(28)17(12-22)18-15-8-3-4-9-16(15)19(24-18)25-20(27)13-6-5-7-14(11-13)26(29)30/h3-9,11H,2,10H2,1H3,(H,23,28)(H,24,25,27). The Labute approximate surface area is 171 Å². The van der Waals surface area contributed by atoms with Gasteiger partial charge >= 0.3 is 0 Å². The van der Waals surface area contributed by atoms with Crippen LogP contribution in [0, 0.1) is 21.4 Å². The average Bonchev–Trinajstić information content (AvgIpc) is 3.11. The van der Waals surface area contributed by atoms with Crippen molar-refractivity contribution in [3.8, 4) is 6.07 Å². The number of nitro groups is 1. The highest BCUT2D eigenvalue weighted by Gasteiger charge is 2.27. The van der Waals surface area contributed by atoms with Gasteiger partial charge in [0, 0.05) is 35.4 Å². The molecule has 9 heteroatoms. The largest absolute Gasteiger partial charge is 0.351 e. The predicted molar refractivity (Wildman–Crippen MR) is 109 cm³/mol. The summed E-state index contributed by atoms with van der Waals surface area (Å²) in [6.45, 7) is 2.31. The fraction of sp³-hybridized carbons (Fsp3) is 0.143. The lowest BCUT2D eigenvalue weighted by molar-refractivity contribution is -0.384. The molecule has 2 N–H and O–H groups in total. The molecule has 2 amide bonds. The number of nitrogens with zero attached hydrogens (tertiary/aromatic N) is 3. The summed E-state index contributed by atoms with van der Waals surface area (Å²) in [4.78, 5) is 39.7. The van der Waals surface area contributed by atoms with Crippen LogP contribution < -0.4 is 10.6 Å². The minimum Gasteiger partial charge on any atom is -0.351 e. The molecule has 2 aromatic carbocycles. The molecule has 1 heterocycles. The van der Waals surface area contributed by atoms with E-state index in [9.17, 15) is 25.0 Å². The van der Waals surface area contributed by atoms with Gasteiger partial charge in [0.2, 0.25) is 0 Å². The highest BCUT2D eigenvalue weighted by Crippen LogP contribution is 2.30. The molecular weight excluding hydrogens is 386 g/mol. The Kier molecular flexibility index (Phi) is 5.98. The van der Waals surface area contributed by atoms with Gasteiger partial charge in [0.15, 0.2) is 0 Å². The van der Waals surface area contributed by atoms with E-state index >= 15 is 0 Å². The lowest BCUT2D eigenvalue weighted by Crippen LogP contribution is -2.30. The third kappa shape index (κ3) is 4.07. The summed E-state index contributed by atoms with van der Waals surface area (Å²) < 4.78 is 0. The van der Waals surface area contributed by atoms with E-state index < -0.39 is 16.7 Å². The molecule has 150 valence electrons. The van der Waals surface area contributed by atoms with E-state index in [1.54, 1.807) is 24.3 Å². The lowest BCUT2D eigenvalue weighted by Gasteiger charge is -2.06. The first-order valence-corrected chi connectivity index (χ1v) is 9.13. The van der Waals surface area contributed by atoms with Crippen molar-refractivity contribution in [1.82, 2.24) is 10.6 Å². The Hall–Kier alpha value is -4.32. The molecule has 0 saturated heterocycles. The minimum absolute atomic E-state index is 0.0861. The van der Waals surface area contributed by atoms with Gasteiger partial charge in [0.25, 0.3) is 17.5 Å². The molecule has 0 aromatic heterocycles. The quantitative estimate of drug-likeness (QED) is 0.342. The zero-order chi connectivity index (χ0) is 21.7. The molecule has 2 aromatic rings. The normalized spacial score (nSPS) is 13.5. The van der Waals surface area contributed by atoms with Crippen LogP contribution in [0.4, 0.5) is 5.69 Å². The summed E-state index contributed by atoms with van der Waals surface area (Å²) in [6, 6.07) is 14.1. The van der Waals surface area contributed by atoms with Crippen LogP contribution in [0.5, 0.6) is 0 Å². The van der Waals surface area contributed by atoms with Crippen molar-refractivity contribution in [3.05, 3.63) is 80.9 Å². The molecule has 0 radical (unpaired) electrons. The molecule has 1 aliphatic rings. The fourth-order valence-electron chi connectivity index (χ4n) is 2.89. The summed E-state index contributed by atoms with van der Waals surface area (Å²) >= 11 is 0. The van der Waals surface area contributed by atoms with Crippen molar-refractivity contribution in [3.63, 3.8) is 0 Å². The molecule has 0 fully saturated rings. The summed E-state index contributed by atoms with van der Waals surface area (Å²) in [5.74, 6) is -0.977.